The van der Waals surface area contributed by atoms with Gasteiger partial charge in [-0.1, -0.05) is 32.0 Å². The highest BCUT2D eigenvalue weighted by molar-refractivity contribution is 5.68. The minimum absolute atomic E-state index is 0.149. The largest absolute Gasteiger partial charge is 0.310 e. The summed E-state index contributed by atoms with van der Waals surface area (Å²) in [6.45, 7) is 9.02. The number of benzene rings is 2. The van der Waals surface area contributed by atoms with E-state index >= 15 is 0 Å². The maximum Gasteiger partial charge on any atom is 0.126 e. The molecule has 1 nitrogen and oxygen atoms in total. The number of halogens is 1. The zero-order chi connectivity index (χ0) is 14.7. The summed E-state index contributed by atoms with van der Waals surface area (Å²) in [5, 5.41) is 3.42. The second-order valence-electron chi connectivity index (χ2n) is 5.65. The molecule has 0 saturated carbocycles. The van der Waals surface area contributed by atoms with Crippen LogP contribution < -0.4 is 5.32 Å². The molecule has 0 fully saturated rings. The summed E-state index contributed by atoms with van der Waals surface area (Å²) in [7, 11) is 0. The Morgan fingerprint density at radius 1 is 1.00 bits per heavy atom. The lowest BCUT2D eigenvalue weighted by Crippen LogP contribution is -2.21. The van der Waals surface area contributed by atoms with Gasteiger partial charge in [-0.25, -0.2) is 4.39 Å². The number of aryl methyl sites for hydroxylation is 2. The minimum Gasteiger partial charge on any atom is -0.310 e. The smallest absolute Gasteiger partial charge is 0.126 e. The standard InChI is InChI=1S/C18H22FN/c1-12(2)20-11-15-6-5-13(3)17(10-15)16-7-8-18(19)14(4)9-16/h5-10,12,20H,11H2,1-4H3. The Hall–Kier alpha value is -1.67. The van der Waals surface area contributed by atoms with Crippen LogP contribution in [0.5, 0.6) is 0 Å². The van der Waals surface area contributed by atoms with Gasteiger partial charge in [0.05, 0.1) is 0 Å². The fourth-order valence-corrected chi connectivity index (χ4v) is 2.22. The van der Waals surface area contributed by atoms with Crippen LogP contribution >= 0.6 is 0 Å². The van der Waals surface area contributed by atoms with Gasteiger partial charge < -0.3 is 5.32 Å². The third-order valence-corrected chi connectivity index (χ3v) is 3.49. The molecular formula is C18H22FN. The lowest BCUT2D eigenvalue weighted by molar-refractivity contribution is 0.589. The third kappa shape index (κ3) is 3.45. The van der Waals surface area contributed by atoms with Gasteiger partial charge in [0.1, 0.15) is 5.82 Å². The Morgan fingerprint density at radius 3 is 2.40 bits per heavy atom. The molecule has 2 rings (SSSR count). The molecule has 0 aliphatic rings. The van der Waals surface area contributed by atoms with Gasteiger partial charge >= 0.3 is 0 Å². The van der Waals surface area contributed by atoms with Gasteiger partial charge in [-0.05, 0) is 59.9 Å². The second kappa shape index (κ2) is 6.19. The van der Waals surface area contributed by atoms with Crippen molar-refractivity contribution in [3.8, 4) is 11.1 Å². The zero-order valence-corrected chi connectivity index (χ0v) is 12.6. The van der Waals surface area contributed by atoms with Gasteiger partial charge in [0.15, 0.2) is 0 Å². The number of hydrogen-bond acceptors (Lipinski definition) is 1. The molecule has 2 aromatic carbocycles. The Balaban J connectivity index is 2.34. The van der Waals surface area contributed by atoms with Crippen LogP contribution in [-0.4, -0.2) is 6.04 Å². The molecule has 0 atom stereocenters. The molecule has 0 aliphatic carbocycles. The molecule has 106 valence electrons. The summed E-state index contributed by atoms with van der Waals surface area (Å²) in [4.78, 5) is 0. The fraction of sp³-hybridized carbons (Fsp3) is 0.333. The van der Waals surface area contributed by atoms with E-state index in [-0.39, 0.29) is 5.82 Å². The van der Waals surface area contributed by atoms with Crippen molar-refractivity contribution in [1.82, 2.24) is 5.32 Å². The summed E-state index contributed by atoms with van der Waals surface area (Å²) < 4.78 is 13.4. The molecule has 0 aromatic heterocycles. The molecule has 20 heavy (non-hydrogen) atoms. The van der Waals surface area contributed by atoms with Gasteiger partial charge in [-0.15, -0.1) is 0 Å². The van der Waals surface area contributed by atoms with Crippen LogP contribution in [0.4, 0.5) is 4.39 Å². The van der Waals surface area contributed by atoms with Gasteiger partial charge in [-0.3, -0.25) is 0 Å². The Morgan fingerprint density at radius 2 is 1.75 bits per heavy atom. The van der Waals surface area contributed by atoms with E-state index < -0.39 is 0 Å². The first kappa shape index (κ1) is 14.7. The molecule has 0 aliphatic heterocycles. The van der Waals surface area contributed by atoms with Crippen molar-refractivity contribution < 1.29 is 4.39 Å². The summed E-state index contributed by atoms with van der Waals surface area (Å²) in [6.07, 6.45) is 0. The van der Waals surface area contributed by atoms with Gasteiger partial charge in [0.25, 0.3) is 0 Å². The van der Waals surface area contributed by atoms with Crippen LogP contribution in [0.3, 0.4) is 0 Å². The monoisotopic (exact) mass is 271 g/mol. The lowest BCUT2D eigenvalue weighted by atomic mass is 9.96. The molecule has 2 heteroatoms. The predicted octanol–water partition coefficient (Wildman–Crippen LogP) is 4.61. The number of rotatable bonds is 4. The zero-order valence-electron chi connectivity index (χ0n) is 12.6. The van der Waals surface area contributed by atoms with E-state index in [9.17, 15) is 4.39 Å². The quantitative estimate of drug-likeness (QED) is 0.856. The van der Waals surface area contributed by atoms with Crippen LogP contribution in [0.25, 0.3) is 11.1 Å². The number of hydrogen-bond donors (Lipinski definition) is 1. The maximum absolute atomic E-state index is 13.4. The van der Waals surface area contributed by atoms with E-state index in [0.29, 0.717) is 11.6 Å². The first-order valence-corrected chi connectivity index (χ1v) is 7.07. The van der Waals surface area contributed by atoms with E-state index in [1.807, 2.05) is 12.1 Å². The highest BCUT2D eigenvalue weighted by Crippen LogP contribution is 2.26. The van der Waals surface area contributed by atoms with Crippen LogP contribution in [0, 0.1) is 19.7 Å². The molecule has 1 N–H and O–H groups in total. The SMILES string of the molecule is Cc1cc(-c2cc(CNC(C)C)ccc2C)ccc1F. The summed E-state index contributed by atoms with van der Waals surface area (Å²) in [5.41, 5.74) is 5.40. The van der Waals surface area contributed by atoms with Gasteiger partial charge in [0.2, 0.25) is 0 Å². The molecule has 0 unspecified atom stereocenters. The van der Waals surface area contributed by atoms with E-state index in [1.165, 1.54) is 16.7 Å². The van der Waals surface area contributed by atoms with Crippen molar-refractivity contribution in [1.29, 1.82) is 0 Å². The van der Waals surface area contributed by atoms with Crippen LogP contribution in [-0.2, 0) is 6.54 Å². The number of nitrogens with one attached hydrogen (secondary N) is 1. The molecule has 0 spiro atoms. The summed E-state index contributed by atoms with van der Waals surface area (Å²) in [6, 6.07) is 12.2. The average Bonchev–Trinajstić information content (AvgIpc) is 2.41. The van der Waals surface area contributed by atoms with Crippen molar-refractivity contribution in [2.24, 2.45) is 0 Å². The van der Waals surface area contributed by atoms with Crippen LogP contribution in [0.1, 0.15) is 30.5 Å². The maximum atomic E-state index is 13.4. The molecule has 2 aromatic rings. The topological polar surface area (TPSA) is 12.0 Å². The Kier molecular flexibility index (Phi) is 4.56. The molecule has 0 amide bonds. The second-order valence-corrected chi connectivity index (χ2v) is 5.65. The highest BCUT2D eigenvalue weighted by atomic mass is 19.1. The van der Waals surface area contributed by atoms with E-state index in [4.69, 9.17) is 0 Å². The van der Waals surface area contributed by atoms with Crippen molar-refractivity contribution in [3.63, 3.8) is 0 Å². The summed E-state index contributed by atoms with van der Waals surface area (Å²) >= 11 is 0. The summed E-state index contributed by atoms with van der Waals surface area (Å²) in [5.74, 6) is -0.149. The predicted molar refractivity (Wildman–Crippen MR) is 83.3 cm³/mol. The molecule has 0 saturated heterocycles. The van der Waals surface area contributed by atoms with Crippen LogP contribution in [0.2, 0.25) is 0 Å². The van der Waals surface area contributed by atoms with E-state index in [0.717, 1.165) is 12.1 Å². The normalized spacial score (nSPS) is 11.1. The Labute approximate surface area is 120 Å². The van der Waals surface area contributed by atoms with Crippen LogP contribution in [0.15, 0.2) is 36.4 Å². The van der Waals surface area contributed by atoms with Gasteiger partial charge in [0, 0.05) is 12.6 Å². The first-order valence-electron chi connectivity index (χ1n) is 7.07. The molecule has 0 heterocycles. The van der Waals surface area contributed by atoms with Crippen molar-refractivity contribution in [2.45, 2.75) is 40.3 Å². The minimum atomic E-state index is -0.149. The average molecular weight is 271 g/mol. The third-order valence-electron chi connectivity index (χ3n) is 3.49. The molecule has 0 radical (unpaired) electrons. The highest BCUT2D eigenvalue weighted by Gasteiger charge is 2.06. The van der Waals surface area contributed by atoms with Crippen molar-refractivity contribution in [3.05, 3.63) is 58.9 Å². The van der Waals surface area contributed by atoms with Crippen molar-refractivity contribution in [2.75, 3.05) is 0 Å². The van der Waals surface area contributed by atoms with E-state index in [1.54, 1.807) is 13.0 Å². The van der Waals surface area contributed by atoms with E-state index in [2.05, 4.69) is 44.3 Å². The van der Waals surface area contributed by atoms with Gasteiger partial charge in [-0.2, -0.15) is 0 Å². The molecular weight excluding hydrogens is 249 g/mol. The fourth-order valence-electron chi connectivity index (χ4n) is 2.22. The molecule has 0 bridgehead atoms. The Bertz CT molecular complexity index is 602. The first-order chi connectivity index (χ1) is 9.47. The van der Waals surface area contributed by atoms with Crippen molar-refractivity contribution >= 4 is 0 Å². The lowest BCUT2D eigenvalue weighted by Gasteiger charge is -2.12.